The largest absolute Gasteiger partial charge is 1.00 e. The molecule has 0 unspecified atom stereocenters. The predicted molar refractivity (Wildman–Crippen MR) is 134 cm³/mol. The van der Waals surface area contributed by atoms with Gasteiger partial charge in [-0.1, -0.05) is 18.2 Å². The van der Waals surface area contributed by atoms with Gasteiger partial charge < -0.3 is 26.8 Å². The van der Waals surface area contributed by atoms with Gasteiger partial charge in [-0.3, -0.25) is 4.79 Å². The Morgan fingerprint density at radius 3 is 2.26 bits per heavy atom. The van der Waals surface area contributed by atoms with Gasteiger partial charge in [0.1, 0.15) is 5.82 Å². The zero-order valence-corrected chi connectivity index (χ0v) is 22.5. The van der Waals surface area contributed by atoms with Gasteiger partial charge in [-0.15, -0.1) is 11.8 Å². The quantitative estimate of drug-likeness (QED) is 0.324. The molecule has 2 aromatic carbocycles. The van der Waals surface area contributed by atoms with Crippen molar-refractivity contribution in [1.82, 2.24) is 9.97 Å². The molecule has 4 rings (SSSR count). The van der Waals surface area contributed by atoms with E-state index >= 15 is 0 Å². The van der Waals surface area contributed by atoms with Crippen molar-refractivity contribution in [3.8, 4) is 11.4 Å². The molecule has 2 amide bonds. The van der Waals surface area contributed by atoms with Gasteiger partial charge in [-0.2, -0.15) is 0 Å². The first kappa shape index (κ1) is 27.0. The van der Waals surface area contributed by atoms with E-state index in [1.165, 1.54) is 11.8 Å². The van der Waals surface area contributed by atoms with Crippen LogP contribution in [0.3, 0.4) is 0 Å². The Bertz CT molecular complexity index is 1170. The molecular formula is C24H26N5NaO4S. The maximum Gasteiger partial charge on any atom is 1.00 e. The standard InChI is InChI=1S/C24H25N5O4S.Na.H/c1-34-21-19(15-20(30)31)27-22(28-23(21)29-11-13-33-14-12-29)16-7-9-18(10-8-16)26-24(32)25-17-5-3-2-4-6-17;;/h2-10H,11-15H2,1H3,(H,30,31)(H2,25,26,32);;/q;+1;-1. The van der Waals surface area contributed by atoms with E-state index < -0.39 is 5.97 Å². The molecule has 0 bridgehead atoms. The Balaban J connectivity index is 0.00000228. The second-order valence-corrected chi connectivity index (χ2v) is 8.36. The van der Waals surface area contributed by atoms with Crippen LogP contribution in [-0.2, 0) is 16.0 Å². The first-order chi connectivity index (χ1) is 16.5. The summed E-state index contributed by atoms with van der Waals surface area (Å²) in [4.78, 5) is 36.0. The van der Waals surface area contributed by atoms with Crippen molar-refractivity contribution < 1.29 is 50.4 Å². The van der Waals surface area contributed by atoms with Gasteiger partial charge in [0, 0.05) is 30.0 Å². The molecule has 0 saturated carbocycles. The average molecular weight is 504 g/mol. The molecular weight excluding hydrogens is 477 g/mol. The van der Waals surface area contributed by atoms with Crippen LogP contribution in [0, 0.1) is 0 Å². The van der Waals surface area contributed by atoms with Crippen molar-refractivity contribution in [2.24, 2.45) is 0 Å². The summed E-state index contributed by atoms with van der Waals surface area (Å²) >= 11 is 1.45. The van der Waals surface area contributed by atoms with Crippen LogP contribution in [0.1, 0.15) is 7.12 Å². The SMILES string of the molecule is CSc1c(CC(=O)O)nc(-c2ccc(NC(=O)Nc3ccccc3)cc2)nc1N1CCOCC1.[H-].[Na+]. The third kappa shape index (κ3) is 7.18. The molecule has 0 spiro atoms. The summed E-state index contributed by atoms with van der Waals surface area (Å²) in [6.07, 6.45) is 1.71. The maximum atomic E-state index is 12.3. The number of carbonyl (C=O) groups is 2. The topological polar surface area (TPSA) is 117 Å². The summed E-state index contributed by atoms with van der Waals surface area (Å²) in [7, 11) is 0. The third-order valence-electron chi connectivity index (χ3n) is 5.18. The number of rotatable bonds is 7. The number of carboxylic acid groups (broad SMARTS) is 1. The molecule has 3 N–H and O–H groups in total. The number of ether oxygens (including phenoxy) is 1. The number of para-hydroxylation sites is 1. The van der Waals surface area contributed by atoms with Crippen LogP contribution in [0.15, 0.2) is 59.5 Å². The Morgan fingerprint density at radius 1 is 1.03 bits per heavy atom. The molecule has 178 valence electrons. The van der Waals surface area contributed by atoms with E-state index in [0.29, 0.717) is 49.2 Å². The number of nitrogens with one attached hydrogen (secondary N) is 2. The van der Waals surface area contributed by atoms with E-state index in [-0.39, 0.29) is 43.4 Å². The zero-order chi connectivity index (χ0) is 23.9. The first-order valence-electron chi connectivity index (χ1n) is 10.8. The molecule has 9 nitrogen and oxygen atoms in total. The number of carboxylic acids is 1. The minimum absolute atomic E-state index is 0. The van der Waals surface area contributed by atoms with Crippen LogP contribution in [0.25, 0.3) is 11.4 Å². The van der Waals surface area contributed by atoms with Gasteiger partial charge in [0.05, 0.1) is 30.2 Å². The van der Waals surface area contributed by atoms with Crippen molar-refractivity contribution in [2.75, 3.05) is 48.1 Å². The number of morpholine rings is 1. The third-order valence-corrected chi connectivity index (χ3v) is 6.01. The minimum atomic E-state index is -0.947. The number of amides is 2. The number of urea groups is 1. The van der Waals surface area contributed by atoms with E-state index in [4.69, 9.17) is 9.72 Å². The van der Waals surface area contributed by atoms with Gasteiger partial charge in [-0.25, -0.2) is 14.8 Å². The van der Waals surface area contributed by atoms with Crippen LogP contribution >= 0.6 is 11.8 Å². The van der Waals surface area contributed by atoms with E-state index in [2.05, 4.69) is 20.5 Å². The molecule has 0 radical (unpaired) electrons. The number of aromatic nitrogens is 2. The molecule has 1 aromatic heterocycles. The molecule has 1 aliphatic rings. The van der Waals surface area contributed by atoms with Crippen molar-refractivity contribution in [3.05, 3.63) is 60.3 Å². The first-order valence-corrected chi connectivity index (χ1v) is 12.0. The van der Waals surface area contributed by atoms with E-state index in [9.17, 15) is 14.7 Å². The van der Waals surface area contributed by atoms with Gasteiger partial charge in [0.25, 0.3) is 0 Å². The van der Waals surface area contributed by atoms with E-state index in [0.717, 1.165) is 16.3 Å². The molecule has 0 aliphatic carbocycles. The number of benzene rings is 2. The molecule has 11 heteroatoms. The van der Waals surface area contributed by atoms with Crippen molar-refractivity contribution in [2.45, 2.75) is 11.3 Å². The molecule has 35 heavy (non-hydrogen) atoms. The number of aliphatic carboxylic acids is 1. The number of nitrogens with zero attached hydrogens (tertiary/aromatic N) is 3. The molecule has 1 fully saturated rings. The molecule has 3 aromatic rings. The van der Waals surface area contributed by atoms with Crippen molar-refractivity contribution in [3.63, 3.8) is 0 Å². The number of hydrogen-bond donors (Lipinski definition) is 3. The fourth-order valence-electron chi connectivity index (χ4n) is 3.59. The van der Waals surface area contributed by atoms with Crippen molar-refractivity contribution >= 4 is 41.0 Å². The number of thioether (sulfide) groups is 1. The molecule has 1 saturated heterocycles. The summed E-state index contributed by atoms with van der Waals surface area (Å²) in [5.74, 6) is 0.217. The van der Waals surface area contributed by atoms with Gasteiger partial charge in [0.2, 0.25) is 0 Å². The predicted octanol–water partition coefficient (Wildman–Crippen LogP) is 1.09. The van der Waals surface area contributed by atoms with Gasteiger partial charge >= 0.3 is 41.6 Å². The fourth-order valence-corrected chi connectivity index (χ4v) is 4.30. The Hall–Kier alpha value is -2.63. The summed E-state index contributed by atoms with van der Waals surface area (Å²) in [6.45, 7) is 2.53. The second-order valence-electron chi connectivity index (χ2n) is 7.54. The van der Waals surface area contributed by atoms with Crippen LogP contribution < -0.4 is 45.1 Å². The fraction of sp³-hybridized carbons (Fsp3) is 0.250. The second kappa shape index (κ2) is 12.9. The Morgan fingerprint density at radius 2 is 1.66 bits per heavy atom. The van der Waals surface area contributed by atoms with Crippen LogP contribution in [0.2, 0.25) is 0 Å². The normalized spacial score (nSPS) is 13.0. The van der Waals surface area contributed by atoms with Crippen LogP contribution in [-0.4, -0.2) is 59.6 Å². The average Bonchev–Trinajstić information content (AvgIpc) is 2.85. The molecule has 1 aliphatic heterocycles. The van der Waals surface area contributed by atoms with Crippen LogP contribution in [0.4, 0.5) is 22.0 Å². The minimum Gasteiger partial charge on any atom is -1.00 e. The van der Waals surface area contributed by atoms with Gasteiger partial charge in [-0.05, 0) is 42.7 Å². The maximum absolute atomic E-state index is 12.3. The Kier molecular flexibility index (Phi) is 9.93. The van der Waals surface area contributed by atoms with Crippen LogP contribution in [0.5, 0.6) is 0 Å². The van der Waals surface area contributed by atoms with E-state index in [1.54, 1.807) is 36.4 Å². The molecule has 2 heterocycles. The van der Waals surface area contributed by atoms with Gasteiger partial charge in [0.15, 0.2) is 5.82 Å². The van der Waals surface area contributed by atoms with E-state index in [1.807, 2.05) is 24.5 Å². The summed E-state index contributed by atoms with van der Waals surface area (Å²) in [6, 6.07) is 16.0. The zero-order valence-electron chi connectivity index (χ0n) is 20.7. The Labute approximate surface area is 231 Å². The molecule has 0 atom stereocenters. The number of carbonyl (C=O) groups excluding carboxylic acids is 1. The monoisotopic (exact) mass is 503 g/mol. The number of anilines is 3. The summed E-state index contributed by atoms with van der Waals surface area (Å²) < 4.78 is 5.46. The smallest absolute Gasteiger partial charge is 1.00 e. The van der Waals surface area contributed by atoms with Crippen molar-refractivity contribution in [1.29, 1.82) is 0 Å². The number of hydrogen-bond acceptors (Lipinski definition) is 7. The summed E-state index contributed by atoms with van der Waals surface area (Å²) in [5.41, 5.74) is 2.51. The summed E-state index contributed by atoms with van der Waals surface area (Å²) in [5, 5.41) is 15.0.